The number of halogens is 2. The van der Waals surface area contributed by atoms with Crippen LogP contribution in [0.1, 0.15) is 15.9 Å². The zero-order valence-corrected chi connectivity index (χ0v) is 13.6. The second-order valence-electron chi connectivity index (χ2n) is 5.16. The number of aromatic nitrogens is 1. The molecule has 0 saturated carbocycles. The first-order chi connectivity index (χ1) is 11.6. The minimum Gasteiger partial charge on any atom is -0.494 e. The van der Waals surface area contributed by atoms with E-state index >= 15 is 0 Å². The first kappa shape index (κ1) is 16.2. The van der Waals surface area contributed by atoms with Gasteiger partial charge in [-0.3, -0.25) is 4.79 Å². The highest BCUT2D eigenvalue weighted by molar-refractivity contribution is 6.30. The Labute approximate surface area is 143 Å². The van der Waals surface area contributed by atoms with Crippen molar-refractivity contribution < 1.29 is 13.9 Å². The van der Waals surface area contributed by atoms with Crippen LogP contribution in [0.4, 0.5) is 4.39 Å². The molecule has 1 heterocycles. The molecule has 1 N–H and O–H groups in total. The molecule has 0 fully saturated rings. The van der Waals surface area contributed by atoms with Crippen molar-refractivity contribution in [2.75, 3.05) is 7.11 Å². The van der Waals surface area contributed by atoms with E-state index in [9.17, 15) is 9.18 Å². The molecular weight excluding hydrogens is 331 g/mol. The molecule has 4 nitrogen and oxygen atoms in total. The lowest BCUT2D eigenvalue weighted by atomic mass is 10.1. The van der Waals surface area contributed by atoms with Gasteiger partial charge in [-0.25, -0.2) is 9.37 Å². The molecule has 0 bridgehead atoms. The molecule has 3 rings (SSSR count). The minimum atomic E-state index is -0.471. The quantitative estimate of drug-likeness (QED) is 0.729. The third-order valence-corrected chi connectivity index (χ3v) is 3.79. The highest BCUT2D eigenvalue weighted by Gasteiger charge is 2.12. The van der Waals surface area contributed by atoms with Crippen molar-refractivity contribution in [2.24, 2.45) is 0 Å². The second kappa shape index (κ2) is 6.84. The minimum absolute atomic E-state index is 0.164. The lowest BCUT2D eigenvalue weighted by molar-refractivity contribution is 0.0952. The first-order valence-corrected chi connectivity index (χ1v) is 7.62. The summed E-state index contributed by atoms with van der Waals surface area (Å²) in [6, 6.07) is 13.3. The Bertz CT molecular complexity index is 915. The van der Waals surface area contributed by atoms with E-state index in [1.807, 2.05) is 12.1 Å². The molecule has 0 unspecified atom stereocenters. The summed E-state index contributed by atoms with van der Waals surface area (Å²) in [5.74, 6) is -0.606. The molecule has 0 aliphatic heterocycles. The molecule has 0 aliphatic carbocycles. The standard InChI is InChI=1S/C18H14ClFN2O2/c1-24-16-7-6-11(8-14(16)20)10-21-18(23)13-9-17(19)22-15-5-3-2-4-12(13)15/h2-9H,10H2,1H3,(H,21,23). The van der Waals surface area contributed by atoms with Crippen LogP contribution in [0.5, 0.6) is 5.75 Å². The van der Waals surface area contributed by atoms with Crippen LogP contribution in [-0.4, -0.2) is 18.0 Å². The molecule has 0 saturated heterocycles. The average molecular weight is 345 g/mol. The number of rotatable bonds is 4. The number of para-hydroxylation sites is 1. The van der Waals surface area contributed by atoms with Gasteiger partial charge < -0.3 is 10.1 Å². The maximum atomic E-state index is 13.7. The highest BCUT2D eigenvalue weighted by Crippen LogP contribution is 2.21. The molecule has 24 heavy (non-hydrogen) atoms. The average Bonchev–Trinajstić information content (AvgIpc) is 2.59. The maximum Gasteiger partial charge on any atom is 0.252 e. The lowest BCUT2D eigenvalue weighted by Crippen LogP contribution is -2.23. The highest BCUT2D eigenvalue weighted by atomic mass is 35.5. The number of benzene rings is 2. The number of pyridine rings is 1. The van der Waals surface area contributed by atoms with Crippen LogP contribution in [-0.2, 0) is 6.54 Å². The van der Waals surface area contributed by atoms with Gasteiger partial charge in [-0.05, 0) is 29.8 Å². The van der Waals surface area contributed by atoms with Crippen LogP contribution in [0.25, 0.3) is 10.9 Å². The largest absolute Gasteiger partial charge is 0.494 e. The van der Waals surface area contributed by atoms with Gasteiger partial charge in [0.15, 0.2) is 11.6 Å². The predicted octanol–water partition coefficient (Wildman–Crippen LogP) is 3.97. The van der Waals surface area contributed by atoms with Gasteiger partial charge in [-0.1, -0.05) is 35.9 Å². The summed E-state index contributed by atoms with van der Waals surface area (Å²) in [6.45, 7) is 0.189. The Kier molecular flexibility index (Phi) is 4.62. The van der Waals surface area contributed by atoms with Gasteiger partial charge >= 0.3 is 0 Å². The molecule has 3 aromatic rings. The summed E-state index contributed by atoms with van der Waals surface area (Å²) in [6.07, 6.45) is 0. The molecule has 6 heteroatoms. The van der Waals surface area contributed by atoms with Crippen LogP contribution in [0.15, 0.2) is 48.5 Å². The number of nitrogens with zero attached hydrogens (tertiary/aromatic N) is 1. The van der Waals surface area contributed by atoms with E-state index in [2.05, 4.69) is 10.3 Å². The molecule has 0 radical (unpaired) electrons. The van der Waals surface area contributed by atoms with Gasteiger partial charge in [0, 0.05) is 11.9 Å². The van der Waals surface area contributed by atoms with Crippen LogP contribution in [0.2, 0.25) is 5.15 Å². The summed E-state index contributed by atoms with van der Waals surface area (Å²) < 4.78 is 18.6. The summed E-state index contributed by atoms with van der Waals surface area (Å²) >= 11 is 5.98. The fourth-order valence-corrected chi connectivity index (χ4v) is 2.63. The molecular formula is C18H14ClFN2O2. The zero-order valence-electron chi connectivity index (χ0n) is 12.8. The Morgan fingerprint density at radius 2 is 2.04 bits per heavy atom. The van der Waals surface area contributed by atoms with Crippen molar-refractivity contribution in [1.82, 2.24) is 10.3 Å². The Balaban J connectivity index is 1.82. The van der Waals surface area contributed by atoms with Gasteiger partial charge in [0.1, 0.15) is 5.15 Å². The van der Waals surface area contributed by atoms with E-state index in [1.54, 1.807) is 18.2 Å². The van der Waals surface area contributed by atoms with Crippen molar-refractivity contribution in [2.45, 2.75) is 6.54 Å². The predicted molar refractivity (Wildman–Crippen MR) is 90.9 cm³/mol. The SMILES string of the molecule is COc1ccc(CNC(=O)c2cc(Cl)nc3ccccc23)cc1F. The summed E-state index contributed by atoms with van der Waals surface area (Å²) in [5.41, 5.74) is 1.70. The van der Waals surface area contributed by atoms with Crippen LogP contribution < -0.4 is 10.1 Å². The van der Waals surface area contributed by atoms with E-state index in [0.717, 1.165) is 0 Å². The number of carbonyl (C=O) groups is 1. The van der Waals surface area contributed by atoms with Gasteiger partial charge in [0.2, 0.25) is 0 Å². The Morgan fingerprint density at radius 1 is 1.25 bits per heavy atom. The van der Waals surface area contributed by atoms with Crippen molar-refractivity contribution in [3.8, 4) is 5.75 Å². The fourth-order valence-electron chi connectivity index (χ4n) is 2.43. The Hall–Kier alpha value is -2.66. The molecule has 2 aromatic carbocycles. The van der Waals surface area contributed by atoms with Crippen LogP contribution in [0, 0.1) is 5.82 Å². The van der Waals surface area contributed by atoms with E-state index in [0.29, 0.717) is 22.0 Å². The van der Waals surface area contributed by atoms with E-state index in [-0.39, 0.29) is 23.4 Å². The van der Waals surface area contributed by atoms with Gasteiger partial charge in [0.25, 0.3) is 5.91 Å². The van der Waals surface area contributed by atoms with Crippen molar-refractivity contribution in [3.63, 3.8) is 0 Å². The zero-order chi connectivity index (χ0) is 17.1. The van der Waals surface area contributed by atoms with Crippen molar-refractivity contribution in [3.05, 3.63) is 70.6 Å². The van der Waals surface area contributed by atoms with E-state index in [4.69, 9.17) is 16.3 Å². The molecule has 122 valence electrons. The fraction of sp³-hybridized carbons (Fsp3) is 0.111. The van der Waals surface area contributed by atoms with Gasteiger partial charge in [0.05, 0.1) is 18.2 Å². The first-order valence-electron chi connectivity index (χ1n) is 7.24. The molecule has 1 amide bonds. The summed E-state index contributed by atoms with van der Waals surface area (Å²) in [7, 11) is 1.40. The van der Waals surface area contributed by atoms with E-state index in [1.165, 1.54) is 25.3 Å². The molecule has 0 atom stereocenters. The number of ether oxygens (including phenoxy) is 1. The number of amides is 1. The number of methoxy groups -OCH3 is 1. The van der Waals surface area contributed by atoms with Gasteiger partial charge in [-0.15, -0.1) is 0 Å². The third-order valence-electron chi connectivity index (χ3n) is 3.60. The summed E-state index contributed by atoms with van der Waals surface area (Å²) in [5, 5.41) is 3.72. The second-order valence-corrected chi connectivity index (χ2v) is 5.55. The normalized spacial score (nSPS) is 10.6. The molecule has 0 aliphatic rings. The number of hydrogen-bond acceptors (Lipinski definition) is 3. The van der Waals surface area contributed by atoms with Crippen LogP contribution in [0.3, 0.4) is 0 Å². The Morgan fingerprint density at radius 3 is 2.79 bits per heavy atom. The monoisotopic (exact) mass is 344 g/mol. The summed E-state index contributed by atoms with van der Waals surface area (Å²) in [4.78, 5) is 16.7. The van der Waals surface area contributed by atoms with Crippen LogP contribution >= 0.6 is 11.6 Å². The molecule has 1 aromatic heterocycles. The van der Waals surface area contributed by atoms with Crippen molar-refractivity contribution >= 4 is 28.4 Å². The number of hydrogen-bond donors (Lipinski definition) is 1. The molecule has 0 spiro atoms. The van der Waals surface area contributed by atoms with Crippen molar-refractivity contribution in [1.29, 1.82) is 0 Å². The lowest BCUT2D eigenvalue weighted by Gasteiger charge is -2.09. The smallest absolute Gasteiger partial charge is 0.252 e. The van der Waals surface area contributed by atoms with E-state index < -0.39 is 5.82 Å². The number of carbonyl (C=O) groups excluding carboxylic acids is 1. The third kappa shape index (κ3) is 3.31. The number of fused-ring (bicyclic) bond motifs is 1. The topological polar surface area (TPSA) is 51.2 Å². The van der Waals surface area contributed by atoms with Gasteiger partial charge in [-0.2, -0.15) is 0 Å². The maximum absolute atomic E-state index is 13.7. The number of nitrogens with one attached hydrogen (secondary N) is 1.